The molecule has 1 aromatic carbocycles. The molecule has 0 saturated carbocycles. The highest BCUT2D eigenvalue weighted by Gasteiger charge is 2.26. The van der Waals surface area contributed by atoms with Gasteiger partial charge in [0.25, 0.3) is 0 Å². The van der Waals surface area contributed by atoms with E-state index in [4.69, 9.17) is 5.73 Å². The van der Waals surface area contributed by atoms with Crippen LogP contribution in [0.3, 0.4) is 0 Å². The van der Waals surface area contributed by atoms with Crippen molar-refractivity contribution < 1.29 is 14.0 Å². The number of halogens is 1. The first kappa shape index (κ1) is 16.4. The van der Waals surface area contributed by atoms with E-state index in [1.807, 2.05) is 0 Å². The second kappa shape index (κ2) is 7.35. The van der Waals surface area contributed by atoms with Crippen molar-refractivity contribution in [3.63, 3.8) is 0 Å². The minimum atomic E-state index is -0.264. The summed E-state index contributed by atoms with van der Waals surface area (Å²) in [6.45, 7) is 3.16. The van der Waals surface area contributed by atoms with Gasteiger partial charge in [-0.3, -0.25) is 9.59 Å². The molecule has 5 nitrogen and oxygen atoms in total. The van der Waals surface area contributed by atoms with Crippen molar-refractivity contribution in [2.45, 2.75) is 26.3 Å². The van der Waals surface area contributed by atoms with E-state index in [0.29, 0.717) is 38.0 Å². The van der Waals surface area contributed by atoms with Gasteiger partial charge in [0.05, 0.1) is 6.54 Å². The van der Waals surface area contributed by atoms with Crippen LogP contribution in [0.2, 0.25) is 0 Å². The first-order valence-corrected chi connectivity index (χ1v) is 7.52. The summed E-state index contributed by atoms with van der Waals surface area (Å²) < 4.78 is 13.5. The SMILES string of the molecule is Cc1c(F)cccc1CNC(=O)C1CCN(C(=O)CN)CC1. The molecule has 1 aliphatic heterocycles. The molecule has 1 heterocycles. The van der Waals surface area contributed by atoms with Crippen LogP contribution in [0, 0.1) is 18.7 Å². The largest absolute Gasteiger partial charge is 0.352 e. The number of amides is 2. The molecule has 1 saturated heterocycles. The topological polar surface area (TPSA) is 75.4 Å². The predicted molar refractivity (Wildman–Crippen MR) is 81.3 cm³/mol. The highest BCUT2D eigenvalue weighted by molar-refractivity contribution is 5.80. The molecule has 0 spiro atoms. The fourth-order valence-corrected chi connectivity index (χ4v) is 2.69. The van der Waals surface area contributed by atoms with Gasteiger partial charge in [-0.15, -0.1) is 0 Å². The van der Waals surface area contributed by atoms with Gasteiger partial charge in [-0.05, 0) is 37.0 Å². The molecular weight excluding hydrogens is 285 g/mol. The zero-order valence-corrected chi connectivity index (χ0v) is 12.8. The molecular formula is C16H22FN3O2. The van der Waals surface area contributed by atoms with E-state index in [1.165, 1.54) is 6.07 Å². The molecule has 120 valence electrons. The van der Waals surface area contributed by atoms with Crippen molar-refractivity contribution in [2.24, 2.45) is 11.7 Å². The van der Waals surface area contributed by atoms with Crippen molar-refractivity contribution in [1.29, 1.82) is 0 Å². The summed E-state index contributed by atoms with van der Waals surface area (Å²) in [6, 6.07) is 4.85. The lowest BCUT2D eigenvalue weighted by Gasteiger charge is -2.31. The van der Waals surface area contributed by atoms with E-state index in [2.05, 4.69) is 5.32 Å². The Bertz CT molecular complexity index is 554. The Kier molecular flexibility index (Phi) is 5.49. The number of nitrogens with zero attached hydrogens (tertiary/aromatic N) is 1. The van der Waals surface area contributed by atoms with Gasteiger partial charge in [-0.1, -0.05) is 12.1 Å². The molecule has 0 aliphatic carbocycles. The highest BCUT2D eigenvalue weighted by atomic mass is 19.1. The number of piperidine rings is 1. The number of hydrogen-bond acceptors (Lipinski definition) is 3. The molecule has 0 bridgehead atoms. The number of nitrogens with two attached hydrogens (primary N) is 1. The molecule has 0 atom stereocenters. The first-order valence-electron chi connectivity index (χ1n) is 7.52. The lowest BCUT2D eigenvalue weighted by Crippen LogP contribution is -2.44. The van der Waals surface area contributed by atoms with Crippen molar-refractivity contribution in [2.75, 3.05) is 19.6 Å². The Labute approximate surface area is 129 Å². The zero-order valence-electron chi connectivity index (χ0n) is 12.8. The lowest BCUT2D eigenvalue weighted by atomic mass is 9.95. The van der Waals surface area contributed by atoms with Crippen LogP contribution >= 0.6 is 0 Å². The van der Waals surface area contributed by atoms with Gasteiger partial charge in [-0.2, -0.15) is 0 Å². The fraction of sp³-hybridized carbons (Fsp3) is 0.500. The second-order valence-corrected chi connectivity index (χ2v) is 5.60. The second-order valence-electron chi connectivity index (χ2n) is 5.60. The van der Waals surface area contributed by atoms with Crippen molar-refractivity contribution in [3.05, 3.63) is 35.1 Å². The molecule has 1 fully saturated rings. The third-order valence-corrected chi connectivity index (χ3v) is 4.23. The minimum Gasteiger partial charge on any atom is -0.352 e. The molecule has 1 aliphatic rings. The standard InChI is InChI=1S/C16H22FN3O2/c1-11-13(3-2-4-14(11)17)10-19-16(22)12-5-7-20(8-6-12)15(21)9-18/h2-4,12H,5-10,18H2,1H3,(H,19,22). The Balaban J connectivity index is 1.84. The van der Waals surface area contributed by atoms with Gasteiger partial charge in [0.2, 0.25) is 11.8 Å². The first-order chi connectivity index (χ1) is 10.5. The summed E-state index contributed by atoms with van der Waals surface area (Å²) >= 11 is 0. The number of rotatable bonds is 4. The summed E-state index contributed by atoms with van der Waals surface area (Å²) in [6.07, 6.45) is 1.28. The molecule has 2 rings (SSSR count). The smallest absolute Gasteiger partial charge is 0.236 e. The monoisotopic (exact) mass is 307 g/mol. The molecule has 0 unspecified atom stereocenters. The summed E-state index contributed by atoms with van der Waals surface area (Å²) in [4.78, 5) is 25.4. The maximum Gasteiger partial charge on any atom is 0.236 e. The molecule has 1 aromatic rings. The zero-order chi connectivity index (χ0) is 16.1. The molecule has 22 heavy (non-hydrogen) atoms. The summed E-state index contributed by atoms with van der Waals surface area (Å²) in [5.41, 5.74) is 6.68. The average molecular weight is 307 g/mol. The van der Waals surface area contributed by atoms with E-state index in [0.717, 1.165) is 5.56 Å². The number of benzene rings is 1. The average Bonchev–Trinajstić information content (AvgIpc) is 2.55. The summed E-state index contributed by atoms with van der Waals surface area (Å²) in [5, 5.41) is 2.86. The van der Waals surface area contributed by atoms with E-state index in [-0.39, 0.29) is 30.1 Å². The third-order valence-electron chi connectivity index (χ3n) is 4.23. The van der Waals surface area contributed by atoms with Crippen molar-refractivity contribution in [1.82, 2.24) is 10.2 Å². The van der Waals surface area contributed by atoms with E-state index < -0.39 is 0 Å². The lowest BCUT2D eigenvalue weighted by molar-refractivity contribution is -0.134. The molecule has 3 N–H and O–H groups in total. The summed E-state index contributed by atoms with van der Waals surface area (Å²) in [7, 11) is 0. The van der Waals surface area contributed by atoms with Crippen LogP contribution in [0.15, 0.2) is 18.2 Å². The molecule has 2 amide bonds. The van der Waals surface area contributed by atoms with Gasteiger partial charge in [-0.25, -0.2) is 4.39 Å². The summed E-state index contributed by atoms with van der Waals surface area (Å²) in [5.74, 6) is -0.478. The Hall–Kier alpha value is -1.95. The van der Waals surface area contributed by atoms with Crippen molar-refractivity contribution >= 4 is 11.8 Å². The van der Waals surface area contributed by atoms with Crippen LogP contribution < -0.4 is 11.1 Å². The number of carbonyl (C=O) groups excluding carboxylic acids is 2. The highest BCUT2D eigenvalue weighted by Crippen LogP contribution is 2.18. The number of nitrogens with one attached hydrogen (secondary N) is 1. The number of likely N-dealkylation sites (tertiary alicyclic amines) is 1. The van der Waals surface area contributed by atoms with Crippen LogP contribution in [0.5, 0.6) is 0 Å². The number of hydrogen-bond donors (Lipinski definition) is 2. The Morgan fingerprint density at radius 1 is 1.36 bits per heavy atom. The van der Waals surface area contributed by atoms with Gasteiger partial charge in [0, 0.05) is 25.6 Å². The van der Waals surface area contributed by atoms with Crippen LogP contribution in [-0.2, 0) is 16.1 Å². The van der Waals surface area contributed by atoms with Crippen LogP contribution in [0.4, 0.5) is 4.39 Å². The molecule has 0 aromatic heterocycles. The predicted octanol–water partition coefficient (Wildman–Crippen LogP) is 0.948. The molecule has 0 radical (unpaired) electrons. The Morgan fingerprint density at radius 2 is 2.05 bits per heavy atom. The van der Waals surface area contributed by atoms with Gasteiger partial charge < -0.3 is 16.0 Å². The molecule has 6 heteroatoms. The van der Waals surface area contributed by atoms with Crippen molar-refractivity contribution in [3.8, 4) is 0 Å². The van der Waals surface area contributed by atoms with Gasteiger partial charge in [0.1, 0.15) is 5.82 Å². The van der Waals surface area contributed by atoms with E-state index in [9.17, 15) is 14.0 Å². The quantitative estimate of drug-likeness (QED) is 0.869. The van der Waals surface area contributed by atoms with Crippen LogP contribution in [0.1, 0.15) is 24.0 Å². The van der Waals surface area contributed by atoms with Gasteiger partial charge >= 0.3 is 0 Å². The fourth-order valence-electron chi connectivity index (χ4n) is 2.69. The normalized spacial score (nSPS) is 15.7. The van der Waals surface area contributed by atoms with Crippen LogP contribution in [-0.4, -0.2) is 36.3 Å². The number of carbonyl (C=O) groups is 2. The maximum atomic E-state index is 13.5. The van der Waals surface area contributed by atoms with Gasteiger partial charge in [0.15, 0.2) is 0 Å². The minimum absolute atomic E-state index is 0.00963. The third kappa shape index (κ3) is 3.82. The maximum absolute atomic E-state index is 13.5. The Morgan fingerprint density at radius 3 is 2.68 bits per heavy atom. The van der Waals surface area contributed by atoms with E-state index in [1.54, 1.807) is 24.0 Å². The van der Waals surface area contributed by atoms with E-state index >= 15 is 0 Å². The van der Waals surface area contributed by atoms with Crippen LogP contribution in [0.25, 0.3) is 0 Å².